The fourth-order valence-electron chi connectivity index (χ4n) is 7.98. The molecular weight excluding hydrogens is 627 g/mol. The fraction of sp³-hybridized carbons (Fsp3) is 0. The Kier molecular flexibility index (Phi) is 5.97. The van der Waals surface area contributed by atoms with E-state index in [-0.39, 0.29) is 11.1 Å². The van der Waals surface area contributed by atoms with Crippen LogP contribution in [0.2, 0.25) is 0 Å². The van der Waals surface area contributed by atoms with Gasteiger partial charge in [-0.25, -0.2) is 0 Å². The van der Waals surface area contributed by atoms with Crippen molar-refractivity contribution in [3.63, 3.8) is 0 Å². The van der Waals surface area contributed by atoms with Crippen LogP contribution < -0.4 is 0 Å². The highest BCUT2D eigenvalue weighted by atomic mass is 16.3. The molecule has 6 nitrogen and oxygen atoms in total. The molecule has 0 saturated carbocycles. The third-order valence-corrected chi connectivity index (χ3v) is 10.1. The highest BCUT2D eigenvalue weighted by Crippen LogP contribution is 2.45. The summed E-state index contributed by atoms with van der Waals surface area (Å²) < 4.78 is 10.8. The second-order valence-corrected chi connectivity index (χ2v) is 12.6. The Bertz CT molecular complexity index is 3190. The topological polar surface area (TPSA) is 94.4 Å². The van der Waals surface area contributed by atoms with E-state index in [9.17, 15) is 15.8 Å². The zero-order valence-corrected chi connectivity index (χ0v) is 26.9. The molecule has 0 aliphatic heterocycles. The van der Waals surface area contributed by atoms with Crippen LogP contribution >= 0.6 is 0 Å². The number of fused-ring (bicyclic) bond motifs is 10. The molecule has 0 aliphatic carbocycles. The zero-order chi connectivity index (χ0) is 34.2. The second-order valence-electron chi connectivity index (χ2n) is 12.6. The van der Waals surface area contributed by atoms with Gasteiger partial charge in [-0.15, -0.1) is 0 Å². The smallest absolute Gasteiger partial charge is 0.145 e. The van der Waals surface area contributed by atoms with Crippen molar-refractivity contribution < 1.29 is 4.42 Å². The number of para-hydroxylation sites is 5. The zero-order valence-electron chi connectivity index (χ0n) is 26.9. The van der Waals surface area contributed by atoms with Gasteiger partial charge in [-0.2, -0.15) is 15.8 Å². The molecule has 0 saturated heterocycles. The number of rotatable bonds is 3. The van der Waals surface area contributed by atoms with Crippen LogP contribution in [0.1, 0.15) is 16.7 Å². The summed E-state index contributed by atoms with van der Waals surface area (Å²) >= 11 is 0. The van der Waals surface area contributed by atoms with Crippen LogP contribution in [0, 0.1) is 34.0 Å². The Morgan fingerprint density at radius 3 is 1.69 bits per heavy atom. The Labute approximate surface area is 291 Å². The van der Waals surface area contributed by atoms with E-state index in [0.717, 1.165) is 76.7 Å². The van der Waals surface area contributed by atoms with Gasteiger partial charge in [0, 0.05) is 38.1 Å². The summed E-state index contributed by atoms with van der Waals surface area (Å²) in [7, 11) is 0. The number of nitriles is 3. The van der Waals surface area contributed by atoms with Crippen LogP contribution in [0.4, 0.5) is 0 Å². The highest BCUT2D eigenvalue weighted by Gasteiger charge is 2.26. The van der Waals surface area contributed by atoms with Gasteiger partial charge in [0.15, 0.2) is 0 Å². The molecule has 0 amide bonds. The van der Waals surface area contributed by atoms with Gasteiger partial charge in [-0.05, 0) is 48.5 Å². The molecule has 0 spiro atoms. The largest absolute Gasteiger partial charge is 0.455 e. The average Bonchev–Trinajstić information content (AvgIpc) is 3.84. The van der Waals surface area contributed by atoms with E-state index in [1.807, 2.05) is 91.0 Å². The molecule has 0 unspecified atom stereocenters. The summed E-state index contributed by atoms with van der Waals surface area (Å²) in [5.74, 6) is 0. The van der Waals surface area contributed by atoms with E-state index < -0.39 is 0 Å². The molecule has 0 fully saturated rings. The number of hydrogen-bond acceptors (Lipinski definition) is 4. The number of aromatic nitrogens is 2. The Morgan fingerprint density at radius 2 is 1.00 bits per heavy atom. The molecule has 10 aromatic rings. The third-order valence-electron chi connectivity index (χ3n) is 10.1. The molecule has 6 heteroatoms. The van der Waals surface area contributed by atoms with Crippen molar-refractivity contribution in [3.8, 4) is 40.7 Å². The van der Waals surface area contributed by atoms with Crippen LogP contribution in [-0.4, -0.2) is 9.13 Å². The van der Waals surface area contributed by atoms with E-state index in [1.165, 1.54) is 0 Å². The molecular formula is C45H23N5O. The molecule has 0 N–H and O–H groups in total. The summed E-state index contributed by atoms with van der Waals surface area (Å²) in [6, 6.07) is 53.1. The van der Waals surface area contributed by atoms with Crippen molar-refractivity contribution in [3.05, 3.63) is 156 Å². The van der Waals surface area contributed by atoms with Gasteiger partial charge in [0.2, 0.25) is 0 Å². The van der Waals surface area contributed by atoms with Crippen LogP contribution in [0.25, 0.3) is 88.1 Å². The van der Waals surface area contributed by atoms with E-state index >= 15 is 0 Å². The summed E-state index contributed by atoms with van der Waals surface area (Å²) in [6.45, 7) is 0. The van der Waals surface area contributed by atoms with Gasteiger partial charge < -0.3 is 13.6 Å². The van der Waals surface area contributed by atoms with E-state index in [1.54, 1.807) is 6.07 Å². The van der Waals surface area contributed by atoms with Gasteiger partial charge in [-0.3, -0.25) is 0 Å². The number of furan rings is 1. The van der Waals surface area contributed by atoms with Crippen LogP contribution in [0.5, 0.6) is 0 Å². The number of nitrogens with zero attached hydrogens (tertiary/aromatic N) is 5. The first-order valence-corrected chi connectivity index (χ1v) is 16.5. The number of hydrogen-bond donors (Lipinski definition) is 0. The Morgan fingerprint density at radius 1 is 0.412 bits per heavy atom. The molecule has 0 radical (unpaired) electrons. The van der Waals surface area contributed by atoms with Gasteiger partial charge >= 0.3 is 0 Å². The summed E-state index contributed by atoms with van der Waals surface area (Å²) in [4.78, 5) is 0. The van der Waals surface area contributed by atoms with Crippen molar-refractivity contribution in [2.75, 3.05) is 0 Å². The maximum Gasteiger partial charge on any atom is 0.145 e. The molecule has 10 rings (SSSR count). The summed E-state index contributed by atoms with van der Waals surface area (Å²) in [6.07, 6.45) is 0. The summed E-state index contributed by atoms with van der Waals surface area (Å²) in [5, 5.41) is 37.8. The minimum atomic E-state index is 0.265. The molecule has 7 aromatic carbocycles. The SMILES string of the molecule is N#Cc1ccc(-c2cccc(C#N)c2-n2c3ccccc3c3c4oc5ccccc5c4ccc32)c(-n2c3ccccc3c3ccccc32)c1C#N. The molecule has 234 valence electrons. The number of benzene rings is 7. The fourth-order valence-corrected chi connectivity index (χ4v) is 7.98. The molecule has 3 aromatic heterocycles. The first kappa shape index (κ1) is 28.4. The van der Waals surface area contributed by atoms with Crippen LogP contribution in [-0.2, 0) is 0 Å². The van der Waals surface area contributed by atoms with Crippen molar-refractivity contribution >= 4 is 65.6 Å². The highest BCUT2D eigenvalue weighted by molar-refractivity contribution is 6.24. The van der Waals surface area contributed by atoms with Crippen molar-refractivity contribution in [1.82, 2.24) is 9.13 Å². The van der Waals surface area contributed by atoms with Crippen LogP contribution in [0.3, 0.4) is 0 Å². The van der Waals surface area contributed by atoms with E-state index in [2.05, 4.69) is 69.8 Å². The predicted octanol–water partition coefficient (Wildman–Crippen LogP) is 11.1. The van der Waals surface area contributed by atoms with Gasteiger partial charge in [0.1, 0.15) is 29.4 Å². The predicted molar refractivity (Wildman–Crippen MR) is 202 cm³/mol. The standard InChI is InChI=1S/C45H23N5O/c46-24-27-20-21-33(44(36(27)26-48)49-37-16-5-1-11-29(37)30-12-2-6-17-38(30)49)32-15-9-10-28(25-47)43(32)50-39-18-7-3-14-35(39)42-40(50)23-22-34-31-13-4-8-19-41(31)51-45(34)42/h1-23H. The van der Waals surface area contributed by atoms with Crippen molar-refractivity contribution in [2.45, 2.75) is 0 Å². The molecule has 0 bridgehead atoms. The third kappa shape index (κ3) is 3.83. The second kappa shape index (κ2) is 10.7. The normalized spacial score (nSPS) is 11.5. The van der Waals surface area contributed by atoms with Gasteiger partial charge in [0.25, 0.3) is 0 Å². The van der Waals surface area contributed by atoms with Gasteiger partial charge in [-0.1, -0.05) is 91.0 Å². The van der Waals surface area contributed by atoms with Crippen molar-refractivity contribution in [1.29, 1.82) is 15.8 Å². The minimum Gasteiger partial charge on any atom is -0.455 e. The molecule has 51 heavy (non-hydrogen) atoms. The first-order chi connectivity index (χ1) is 25.2. The minimum absolute atomic E-state index is 0.265. The quantitative estimate of drug-likeness (QED) is 0.190. The maximum atomic E-state index is 10.8. The van der Waals surface area contributed by atoms with Gasteiger partial charge in [0.05, 0.1) is 55.5 Å². The maximum absolute atomic E-state index is 10.8. The molecule has 0 atom stereocenters. The lowest BCUT2D eigenvalue weighted by atomic mass is 9.93. The lowest BCUT2D eigenvalue weighted by molar-refractivity contribution is 0.673. The van der Waals surface area contributed by atoms with Crippen molar-refractivity contribution in [2.24, 2.45) is 0 Å². The molecule has 3 heterocycles. The monoisotopic (exact) mass is 649 g/mol. The average molecular weight is 650 g/mol. The van der Waals surface area contributed by atoms with E-state index in [0.29, 0.717) is 16.9 Å². The first-order valence-electron chi connectivity index (χ1n) is 16.5. The Balaban J connectivity index is 1.38. The molecule has 0 aliphatic rings. The lowest BCUT2D eigenvalue weighted by Gasteiger charge is -2.20. The summed E-state index contributed by atoms with van der Waals surface area (Å²) in [5.41, 5.74) is 8.97. The van der Waals surface area contributed by atoms with E-state index in [4.69, 9.17) is 4.42 Å². The Hall–Kier alpha value is -7.59. The lowest BCUT2D eigenvalue weighted by Crippen LogP contribution is -2.06. The van der Waals surface area contributed by atoms with Crippen LogP contribution in [0.15, 0.2) is 144 Å².